The number of amides is 2. The molecule has 0 radical (unpaired) electrons. The molecule has 0 heterocycles. The summed E-state index contributed by atoms with van der Waals surface area (Å²) in [6.45, 7) is 1.32. The molecule has 0 rings (SSSR count). The third-order valence-electron chi connectivity index (χ3n) is 0.989. The molecule has 0 aromatic rings. The van der Waals surface area contributed by atoms with Crippen molar-refractivity contribution in [3.8, 4) is 0 Å². The molecule has 6 heteroatoms. The third kappa shape index (κ3) is 6.54. The molecule has 0 unspecified atom stereocenters. The molecule has 0 aromatic heterocycles. The fourth-order valence-corrected chi connectivity index (χ4v) is 0.410. The summed E-state index contributed by atoms with van der Waals surface area (Å²) in [5.41, 5.74) is 7.48. The minimum Gasteiger partial charge on any atom is -0.382 e. The Morgan fingerprint density at radius 3 is 2.69 bits per heavy atom. The molecule has 2 amide bonds. The number of carbonyl (C=O) groups is 2. The molecule has 13 heavy (non-hydrogen) atoms. The van der Waals surface area contributed by atoms with Crippen LogP contribution in [0.25, 0.3) is 0 Å². The Hall–Kier alpha value is -1.85. The van der Waals surface area contributed by atoms with Gasteiger partial charge in [-0.15, -0.1) is 0 Å². The van der Waals surface area contributed by atoms with Gasteiger partial charge in [0.05, 0.1) is 0 Å². The Labute approximate surface area is 76.1 Å². The Morgan fingerprint density at radius 2 is 2.23 bits per heavy atom. The van der Waals surface area contributed by atoms with Gasteiger partial charge in [-0.05, 0) is 6.08 Å². The number of amidine groups is 1. The molecule has 0 aliphatic rings. The zero-order valence-electron chi connectivity index (χ0n) is 7.52. The van der Waals surface area contributed by atoms with Crippen LogP contribution in [0.3, 0.4) is 0 Å². The summed E-state index contributed by atoms with van der Waals surface area (Å²) in [4.78, 5) is 21.7. The fourth-order valence-electron chi connectivity index (χ4n) is 0.410. The van der Waals surface area contributed by atoms with Gasteiger partial charge in [-0.2, -0.15) is 5.10 Å². The Balaban J connectivity index is 4.04. The molecule has 0 aliphatic carbocycles. The maximum Gasteiger partial charge on any atom is 0.237 e. The molecule has 0 fully saturated rings. The highest BCUT2D eigenvalue weighted by Crippen LogP contribution is 1.78. The number of nitrogens with zero attached hydrogens (tertiary/aromatic N) is 2. The summed E-state index contributed by atoms with van der Waals surface area (Å²) in [6.07, 6.45) is 3.43. The first-order valence-corrected chi connectivity index (χ1v) is 3.51. The summed E-state index contributed by atoms with van der Waals surface area (Å²) in [6, 6.07) is 0. The molecule has 0 saturated heterocycles. The van der Waals surface area contributed by atoms with Crippen LogP contribution in [0.1, 0.15) is 6.92 Å². The van der Waals surface area contributed by atoms with Gasteiger partial charge in [-0.25, -0.2) is 5.43 Å². The number of nitrogens with two attached hydrogens (primary N) is 1. The average Bonchev–Trinajstić information content (AvgIpc) is 2.10. The van der Waals surface area contributed by atoms with Gasteiger partial charge in [0.15, 0.2) is 0 Å². The molecule has 0 atom stereocenters. The highest BCUT2D eigenvalue weighted by molar-refractivity contribution is 5.92. The van der Waals surface area contributed by atoms with Crippen LogP contribution in [-0.2, 0) is 9.59 Å². The van der Waals surface area contributed by atoms with E-state index in [-0.39, 0.29) is 11.7 Å². The Kier molecular flexibility index (Phi) is 4.94. The molecule has 0 aromatic carbocycles. The highest BCUT2D eigenvalue weighted by Gasteiger charge is 1.88. The largest absolute Gasteiger partial charge is 0.382 e. The first-order valence-electron chi connectivity index (χ1n) is 3.51. The average molecular weight is 184 g/mol. The zero-order chi connectivity index (χ0) is 10.3. The summed E-state index contributed by atoms with van der Waals surface area (Å²) in [7, 11) is 1.55. The summed E-state index contributed by atoms with van der Waals surface area (Å²) < 4.78 is 0. The van der Waals surface area contributed by atoms with Gasteiger partial charge < -0.3 is 10.6 Å². The Morgan fingerprint density at radius 1 is 1.62 bits per heavy atom. The van der Waals surface area contributed by atoms with Crippen LogP contribution in [0, 0.1) is 0 Å². The Bertz CT molecular complexity index is 247. The second-order valence-corrected chi connectivity index (χ2v) is 2.29. The standard InChI is InChI=1S/C7H12N4O2/c1-6(13)9-10-7(8)3-4-11(2)5-12/h3-5H,1-2H3,(H2,8,10)(H,9,13)/b4-3-. The lowest BCUT2D eigenvalue weighted by molar-refractivity contribution is -0.119. The van der Waals surface area contributed by atoms with Crippen molar-refractivity contribution in [2.75, 3.05) is 7.05 Å². The molecule has 0 spiro atoms. The van der Waals surface area contributed by atoms with Crippen molar-refractivity contribution < 1.29 is 9.59 Å². The lowest BCUT2D eigenvalue weighted by atomic mass is 10.5. The molecule has 6 nitrogen and oxygen atoms in total. The molecule has 0 aliphatic heterocycles. The first-order chi connectivity index (χ1) is 6.06. The molecular weight excluding hydrogens is 172 g/mol. The van der Waals surface area contributed by atoms with Gasteiger partial charge in [0.1, 0.15) is 5.84 Å². The van der Waals surface area contributed by atoms with Crippen molar-refractivity contribution in [2.45, 2.75) is 6.92 Å². The zero-order valence-corrected chi connectivity index (χ0v) is 7.52. The summed E-state index contributed by atoms with van der Waals surface area (Å²) in [5.74, 6) is -0.191. The highest BCUT2D eigenvalue weighted by atomic mass is 16.2. The number of nitrogens with one attached hydrogen (secondary N) is 1. The van der Waals surface area contributed by atoms with E-state index in [1.54, 1.807) is 7.05 Å². The minimum absolute atomic E-state index is 0.115. The van der Waals surface area contributed by atoms with Gasteiger partial charge in [-0.1, -0.05) is 0 Å². The maximum absolute atomic E-state index is 10.4. The van der Waals surface area contributed by atoms with Crippen LogP contribution in [-0.4, -0.2) is 30.1 Å². The molecule has 0 bridgehead atoms. The van der Waals surface area contributed by atoms with E-state index in [0.717, 1.165) is 0 Å². The normalized spacial score (nSPS) is 11.4. The van der Waals surface area contributed by atoms with Crippen LogP contribution in [0.15, 0.2) is 17.4 Å². The molecule has 0 saturated carbocycles. The van der Waals surface area contributed by atoms with E-state index in [4.69, 9.17) is 5.73 Å². The molecule has 3 N–H and O–H groups in total. The van der Waals surface area contributed by atoms with Crippen molar-refractivity contribution in [3.63, 3.8) is 0 Å². The quantitative estimate of drug-likeness (QED) is 0.254. The van der Waals surface area contributed by atoms with Crippen molar-refractivity contribution >= 4 is 18.2 Å². The first kappa shape index (κ1) is 11.2. The number of hydrogen-bond donors (Lipinski definition) is 2. The third-order valence-corrected chi connectivity index (χ3v) is 0.989. The second-order valence-electron chi connectivity index (χ2n) is 2.29. The number of hydrogen-bond acceptors (Lipinski definition) is 3. The van der Waals surface area contributed by atoms with Gasteiger partial charge >= 0.3 is 0 Å². The SMILES string of the molecule is CC(=O)NN=C(N)/C=C\N(C)C=O. The van der Waals surface area contributed by atoms with Crippen molar-refractivity contribution in [3.05, 3.63) is 12.3 Å². The number of rotatable bonds is 4. The van der Waals surface area contributed by atoms with Gasteiger partial charge in [0.25, 0.3) is 0 Å². The van der Waals surface area contributed by atoms with E-state index in [2.05, 4.69) is 10.5 Å². The lowest BCUT2D eigenvalue weighted by Gasteiger charge is -2.00. The monoisotopic (exact) mass is 184 g/mol. The summed E-state index contributed by atoms with van der Waals surface area (Å²) in [5, 5.41) is 3.50. The number of hydrazone groups is 1. The molecular formula is C7H12N4O2. The van der Waals surface area contributed by atoms with Gasteiger partial charge in [0, 0.05) is 20.2 Å². The van der Waals surface area contributed by atoms with Crippen LogP contribution in [0.4, 0.5) is 0 Å². The number of carbonyl (C=O) groups excluding carboxylic acids is 2. The van der Waals surface area contributed by atoms with Crippen LogP contribution < -0.4 is 11.2 Å². The fraction of sp³-hybridized carbons (Fsp3) is 0.286. The van der Waals surface area contributed by atoms with Crippen LogP contribution >= 0.6 is 0 Å². The van der Waals surface area contributed by atoms with E-state index in [9.17, 15) is 9.59 Å². The van der Waals surface area contributed by atoms with Gasteiger partial charge in [0.2, 0.25) is 12.3 Å². The van der Waals surface area contributed by atoms with Gasteiger partial charge in [-0.3, -0.25) is 9.59 Å². The van der Waals surface area contributed by atoms with E-state index < -0.39 is 0 Å². The predicted octanol–water partition coefficient (Wildman–Crippen LogP) is -1.00. The molecule has 72 valence electrons. The maximum atomic E-state index is 10.4. The van der Waals surface area contributed by atoms with Crippen molar-refractivity contribution in [2.24, 2.45) is 10.8 Å². The minimum atomic E-state index is -0.305. The summed E-state index contributed by atoms with van der Waals surface area (Å²) >= 11 is 0. The topological polar surface area (TPSA) is 87.8 Å². The predicted molar refractivity (Wildman–Crippen MR) is 48.4 cm³/mol. The second kappa shape index (κ2) is 5.76. The lowest BCUT2D eigenvalue weighted by Crippen LogP contribution is -2.20. The smallest absolute Gasteiger partial charge is 0.237 e. The van der Waals surface area contributed by atoms with E-state index >= 15 is 0 Å². The van der Waals surface area contributed by atoms with Crippen LogP contribution in [0.2, 0.25) is 0 Å². The van der Waals surface area contributed by atoms with E-state index in [1.807, 2.05) is 0 Å². The van der Waals surface area contributed by atoms with E-state index in [0.29, 0.717) is 6.41 Å². The van der Waals surface area contributed by atoms with Crippen molar-refractivity contribution in [1.82, 2.24) is 10.3 Å². The van der Waals surface area contributed by atoms with Crippen LogP contribution in [0.5, 0.6) is 0 Å². The van der Waals surface area contributed by atoms with E-state index in [1.165, 1.54) is 24.1 Å². The van der Waals surface area contributed by atoms with Crippen molar-refractivity contribution in [1.29, 1.82) is 0 Å².